The molecule has 2 aromatic rings. The average molecular weight is 386 g/mol. The number of carbonyl (C=O) groups excluding carboxylic acids is 2. The highest BCUT2D eigenvalue weighted by atomic mass is 16.5. The molecule has 2 unspecified atom stereocenters. The van der Waals surface area contributed by atoms with Crippen molar-refractivity contribution >= 4 is 29.0 Å². The van der Waals surface area contributed by atoms with Gasteiger partial charge in [0.05, 0.1) is 13.0 Å². The van der Waals surface area contributed by atoms with Crippen LogP contribution in [-0.4, -0.2) is 31.3 Å². The lowest BCUT2D eigenvalue weighted by atomic mass is 9.96. The zero-order valence-corrected chi connectivity index (χ0v) is 15.7. The van der Waals surface area contributed by atoms with Gasteiger partial charge in [0, 0.05) is 16.9 Å². The molecule has 2 atom stereocenters. The van der Waals surface area contributed by atoms with Crippen molar-refractivity contribution < 1.29 is 18.7 Å². The van der Waals surface area contributed by atoms with Crippen LogP contribution in [0.4, 0.5) is 0 Å². The Labute approximate surface area is 161 Å². The van der Waals surface area contributed by atoms with Crippen LogP contribution in [0.25, 0.3) is 11.0 Å². The van der Waals surface area contributed by atoms with Gasteiger partial charge in [-0.2, -0.15) is 0 Å². The van der Waals surface area contributed by atoms with Crippen molar-refractivity contribution in [2.24, 2.45) is 10.7 Å². The van der Waals surface area contributed by atoms with Gasteiger partial charge in [0.1, 0.15) is 5.58 Å². The van der Waals surface area contributed by atoms with Gasteiger partial charge >= 0.3 is 11.6 Å². The average Bonchev–Trinajstić information content (AvgIpc) is 2.64. The SMILES string of the molecule is CC(CN=C=O)c1ccc2oc(=O)c(C(C)CC(=O)OCNC(=N)N)cc2c1. The molecule has 1 aromatic carbocycles. The van der Waals surface area contributed by atoms with Crippen LogP contribution >= 0.6 is 0 Å². The molecule has 9 heteroatoms. The highest BCUT2D eigenvalue weighted by Gasteiger charge is 2.18. The van der Waals surface area contributed by atoms with Gasteiger partial charge in [0.2, 0.25) is 6.08 Å². The number of nitrogens with zero attached hydrogens (tertiary/aromatic N) is 1. The molecule has 1 aromatic heterocycles. The molecule has 1 heterocycles. The Morgan fingerprint density at radius 2 is 2.11 bits per heavy atom. The number of hydrogen-bond acceptors (Lipinski definition) is 7. The topological polar surface area (TPSA) is 148 Å². The van der Waals surface area contributed by atoms with Crippen LogP contribution in [0.5, 0.6) is 0 Å². The molecule has 0 saturated heterocycles. The van der Waals surface area contributed by atoms with Crippen LogP contribution in [0.3, 0.4) is 0 Å². The standard InChI is InChI=1S/C19H22N4O5/c1-11(5-17(25)27-10-23-19(20)21)15-7-14-6-13(12(2)8-22-9-24)3-4-16(14)28-18(15)26/h3-4,6-7,11-12H,5,8,10H2,1-2H3,(H4,20,21,23). The normalized spacial score (nSPS) is 12.6. The lowest BCUT2D eigenvalue weighted by molar-refractivity contribution is -0.144. The number of esters is 1. The van der Waals surface area contributed by atoms with Gasteiger partial charge in [0.15, 0.2) is 12.7 Å². The molecule has 4 N–H and O–H groups in total. The quantitative estimate of drug-likeness (QED) is 0.156. The summed E-state index contributed by atoms with van der Waals surface area (Å²) in [7, 11) is 0. The third kappa shape index (κ3) is 5.52. The number of benzene rings is 1. The Morgan fingerprint density at radius 1 is 1.36 bits per heavy atom. The van der Waals surface area contributed by atoms with E-state index in [4.69, 9.17) is 20.3 Å². The molecular formula is C19H22N4O5. The monoisotopic (exact) mass is 386 g/mol. The van der Waals surface area contributed by atoms with Gasteiger partial charge in [-0.15, -0.1) is 0 Å². The van der Waals surface area contributed by atoms with Gasteiger partial charge < -0.3 is 20.2 Å². The highest BCUT2D eigenvalue weighted by molar-refractivity contribution is 5.78. The Morgan fingerprint density at radius 3 is 2.79 bits per heavy atom. The maximum atomic E-state index is 12.3. The first kappa shape index (κ1) is 20.9. The van der Waals surface area contributed by atoms with E-state index in [1.54, 1.807) is 19.1 Å². The lowest BCUT2D eigenvalue weighted by Gasteiger charge is -2.13. The largest absolute Gasteiger partial charge is 0.444 e. The van der Waals surface area contributed by atoms with Crippen molar-refractivity contribution in [3.05, 3.63) is 45.8 Å². The second kappa shape index (κ2) is 9.48. The summed E-state index contributed by atoms with van der Waals surface area (Å²) < 4.78 is 10.3. The van der Waals surface area contributed by atoms with Crippen LogP contribution in [-0.2, 0) is 14.3 Å². The second-order valence-corrected chi connectivity index (χ2v) is 6.48. The summed E-state index contributed by atoms with van der Waals surface area (Å²) >= 11 is 0. The number of guanidine groups is 1. The Hall–Kier alpha value is -3.45. The van der Waals surface area contributed by atoms with E-state index in [1.807, 2.05) is 19.1 Å². The van der Waals surface area contributed by atoms with Crippen LogP contribution in [0, 0.1) is 5.41 Å². The number of rotatable bonds is 8. The molecule has 0 amide bonds. The molecule has 2 rings (SSSR count). The summed E-state index contributed by atoms with van der Waals surface area (Å²) in [4.78, 5) is 38.1. The minimum absolute atomic E-state index is 0.00223. The lowest BCUT2D eigenvalue weighted by Crippen LogP contribution is -2.33. The van der Waals surface area contributed by atoms with Crippen molar-refractivity contribution in [3.8, 4) is 0 Å². The van der Waals surface area contributed by atoms with E-state index >= 15 is 0 Å². The summed E-state index contributed by atoms with van der Waals surface area (Å²) in [6, 6.07) is 7.09. The van der Waals surface area contributed by atoms with Crippen LogP contribution < -0.4 is 16.7 Å². The first-order valence-corrected chi connectivity index (χ1v) is 8.66. The van der Waals surface area contributed by atoms with E-state index in [9.17, 15) is 14.4 Å². The number of aliphatic imine (C=N–C) groups is 1. The van der Waals surface area contributed by atoms with Crippen molar-refractivity contribution in [2.75, 3.05) is 13.3 Å². The molecule has 0 fully saturated rings. The number of nitrogens with two attached hydrogens (primary N) is 1. The Bertz CT molecular complexity index is 978. The molecule has 0 bridgehead atoms. The number of hydrogen-bond donors (Lipinski definition) is 3. The maximum Gasteiger partial charge on any atom is 0.339 e. The van der Waals surface area contributed by atoms with Crippen LogP contribution in [0.15, 0.2) is 38.5 Å². The van der Waals surface area contributed by atoms with Gasteiger partial charge in [-0.05, 0) is 29.7 Å². The number of isocyanates is 1. The molecule has 28 heavy (non-hydrogen) atoms. The molecule has 0 aliphatic rings. The smallest absolute Gasteiger partial charge is 0.339 e. The number of fused-ring (bicyclic) bond motifs is 1. The van der Waals surface area contributed by atoms with E-state index in [2.05, 4.69) is 10.3 Å². The van der Waals surface area contributed by atoms with Gasteiger partial charge in [-0.25, -0.2) is 14.6 Å². The Balaban J connectivity index is 2.20. The fourth-order valence-corrected chi connectivity index (χ4v) is 2.70. The van der Waals surface area contributed by atoms with E-state index < -0.39 is 17.5 Å². The summed E-state index contributed by atoms with van der Waals surface area (Å²) in [5.74, 6) is -1.26. The summed E-state index contributed by atoms with van der Waals surface area (Å²) in [6.45, 7) is 3.76. The molecule has 0 aliphatic heterocycles. The molecular weight excluding hydrogens is 364 g/mol. The van der Waals surface area contributed by atoms with Crippen molar-refractivity contribution in [2.45, 2.75) is 32.1 Å². The van der Waals surface area contributed by atoms with E-state index in [0.717, 1.165) is 5.56 Å². The third-order valence-electron chi connectivity index (χ3n) is 4.28. The van der Waals surface area contributed by atoms with Gasteiger partial charge in [0.25, 0.3) is 0 Å². The maximum absolute atomic E-state index is 12.3. The number of nitrogens with one attached hydrogen (secondary N) is 2. The van der Waals surface area contributed by atoms with Crippen molar-refractivity contribution in [1.82, 2.24) is 5.32 Å². The number of carbonyl (C=O) groups is 1. The first-order chi connectivity index (χ1) is 13.3. The fourth-order valence-electron chi connectivity index (χ4n) is 2.70. The second-order valence-electron chi connectivity index (χ2n) is 6.48. The predicted molar refractivity (Wildman–Crippen MR) is 103 cm³/mol. The molecule has 0 radical (unpaired) electrons. The summed E-state index contributed by atoms with van der Waals surface area (Å²) in [6.07, 6.45) is 1.50. The zero-order chi connectivity index (χ0) is 20.7. The molecule has 0 aliphatic carbocycles. The van der Waals surface area contributed by atoms with Crippen LogP contribution in [0.1, 0.15) is 43.2 Å². The van der Waals surface area contributed by atoms with Crippen LogP contribution in [0.2, 0.25) is 0 Å². The van der Waals surface area contributed by atoms with E-state index in [0.29, 0.717) is 23.1 Å². The minimum Gasteiger partial charge on any atom is -0.444 e. The molecule has 9 nitrogen and oxygen atoms in total. The summed E-state index contributed by atoms with van der Waals surface area (Å²) in [5.41, 5.74) is 6.33. The fraction of sp³-hybridized carbons (Fsp3) is 0.368. The highest BCUT2D eigenvalue weighted by Crippen LogP contribution is 2.25. The van der Waals surface area contributed by atoms with Gasteiger partial charge in [-0.3, -0.25) is 10.2 Å². The molecule has 148 valence electrons. The first-order valence-electron chi connectivity index (χ1n) is 8.66. The molecule has 0 spiro atoms. The van der Waals surface area contributed by atoms with Crippen molar-refractivity contribution in [3.63, 3.8) is 0 Å². The van der Waals surface area contributed by atoms with E-state index in [-0.39, 0.29) is 25.0 Å². The van der Waals surface area contributed by atoms with E-state index in [1.165, 1.54) is 6.08 Å². The summed E-state index contributed by atoms with van der Waals surface area (Å²) in [5, 5.41) is 10.1. The molecule has 0 saturated carbocycles. The zero-order valence-electron chi connectivity index (χ0n) is 15.7. The Kier molecular flexibility index (Phi) is 7.06. The third-order valence-corrected chi connectivity index (χ3v) is 4.28. The van der Waals surface area contributed by atoms with Crippen molar-refractivity contribution in [1.29, 1.82) is 5.41 Å². The number of ether oxygens (including phenoxy) is 1. The predicted octanol–water partition coefficient (Wildman–Crippen LogP) is 1.71. The van der Waals surface area contributed by atoms with Gasteiger partial charge in [-0.1, -0.05) is 19.9 Å². The minimum atomic E-state index is -0.533.